The van der Waals surface area contributed by atoms with Gasteiger partial charge in [-0.3, -0.25) is 0 Å². The van der Waals surface area contributed by atoms with E-state index in [9.17, 15) is 0 Å². The minimum atomic E-state index is -0.815. The first-order chi connectivity index (χ1) is 9.00. The lowest BCUT2D eigenvalue weighted by atomic mass is 9.99. The van der Waals surface area contributed by atoms with E-state index >= 15 is 0 Å². The molecule has 0 aliphatic heterocycles. The Bertz CT molecular complexity index is 430. The molecule has 0 amide bonds. The predicted octanol–water partition coefficient (Wildman–Crippen LogP) is 3.43. The van der Waals surface area contributed by atoms with Gasteiger partial charge in [0.1, 0.15) is 0 Å². The molecular formula is C14H19BrO3S. The molecule has 0 aliphatic carbocycles. The fraction of sp³-hybridized carbons (Fsp3) is 0.500. The third-order valence-corrected chi connectivity index (χ3v) is 3.95. The molecule has 0 heterocycles. The van der Waals surface area contributed by atoms with Crippen molar-refractivity contribution < 1.29 is 14.2 Å². The summed E-state index contributed by atoms with van der Waals surface area (Å²) in [7, 11) is 4.85. The smallest absolute Gasteiger partial charge is 0.206 e. The first-order valence-electron chi connectivity index (χ1n) is 5.90. The van der Waals surface area contributed by atoms with Crippen molar-refractivity contribution in [1.29, 1.82) is 0 Å². The molecule has 19 heavy (non-hydrogen) atoms. The number of alkyl halides is 1. The van der Waals surface area contributed by atoms with Gasteiger partial charge in [0.2, 0.25) is 5.79 Å². The van der Waals surface area contributed by atoms with E-state index in [1.807, 2.05) is 31.2 Å². The van der Waals surface area contributed by atoms with Crippen molar-refractivity contribution in [1.82, 2.24) is 0 Å². The van der Waals surface area contributed by atoms with E-state index in [4.69, 9.17) is 26.4 Å². The molecule has 0 saturated carbocycles. The molecule has 0 aromatic heterocycles. The molecule has 0 bridgehead atoms. The lowest BCUT2D eigenvalue weighted by Gasteiger charge is -2.34. The van der Waals surface area contributed by atoms with Gasteiger partial charge in [0, 0.05) is 26.2 Å². The number of hydrogen-bond acceptors (Lipinski definition) is 4. The van der Waals surface area contributed by atoms with Gasteiger partial charge in [-0.2, -0.15) is 0 Å². The van der Waals surface area contributed by atoms with Crippen molar-refractivity contribution in [3.05, 3.63) is 35.4 Å². The second-order valence-corrected chi connectivity index (χ2v) is 5.97. The van der Waals surface area contributed by atoms with E-state index in [0.717, 1.165) is 11.1 Å². The average molecular weight is 347 g/mol. The van der Waals surface area contributed by atoms with Crippen molar-refractivity contribution in [2.45, 2.75) is 24.0 Å². The number of hydrogen-bond donors (Lipinski definition) is 0. The number of methoxy groups -OCH3 is 3. The van der Waals surface area contributed by atoms with E-state index in [0.29, 0.717) is 11.5 Å². The van der Waals surface area contributed by atoms with E-state index in [1.54, 1.807) is 21.3 Å². The van der Waals surface area contributed by atoms with Crippen molar-refractivity contribution in [3.8, 4) is 0 Å². The van der Waals surface area contributed by atoms with E-state index in [-0.39, 0.29) is 4.83 Å². The van der Waals surface area contributed by atoms with Gasteiger partial charge in [-0.1, -0.05) is 34.1 Å². The molecule has 0 N–H and O–H groups in total. The molecule has 0 aliphatic rings. The van der Waals surface area contributed by atoms with Crippen LogP contribution in [0.1, 0.15) is 18.1 Å². The molecular weight excluding hydrogens is 328 g/mol. The first kappa shape index (κ1) is 16.6. The van der Waals surface area contributed by atoms with Gasteiger partial charge in [-0.05, 0) is 30.8 Å². The molecule has 1 unspecified atom stereocenters. The number of rotatable bonds is 6. The molecule has 3 nitrogen and oxygen atoms in total. The predicted molar refractivity (Wildman–Crippen MR) is 83.8 cm³/mol. The van der Waals surface area contributed by atoms with Crippen LogP contribution >= 0.6 is 28.1 Å². The Morgan fingerprint density at radius 3 is 2.42 bits per heavy atom. The second-order valence-electron chi connectivity index (χ2n) is 4.15. The van der Waals surface area contributed by atoms with Crippen molar-refractivity contribution in [2.75, 3.05) is 21.3 Å². The van der Waals surface area contributed by atoms with Crippen LogP contribution in [-0.4, -0.2) is 31.2 Å². The summed E-state index contributed by atoms with van der Waals surface area (Å²) in [6.07, 6.45) is 0.597. The van der Waals surface area contributed by atoms with E-state index < -0.39 is 5.79 Å². The number of ether oxygens (including phenoxy) is 3. The third-order valence-electron chi connectivity index (χ3n) is 3.04. The minimum absolute atomic E-state index is 0.000346. The summed E-state index contributed by atoms with van der Waals surface area (Å²) in [6, 6.07) is 7.97. The Balaban J connectivity index is 3.12. The van der Waals surface area contributed by atoms with Crippen LogP contribution in [0.2, 0.25) is 0 Å². The van der Waals surface area contributed by atoms with Crippen LogP contribution in [0, 0.1) is 0 Å². The topological polar surface area (TPSA) is 27.7 Å². The molecule has 1 aromatic carbocycles. The zero-order valence-corrected chi connectivity index (χ0v) is 14.0. The summed E-state index contributed by atoms with van der Waals surface area (Å²) >= 11 is 8.63. The van der Waals surface area contributed by atoms with Crippen LogP contribution in [-0.2, 0) is 26.4 Å². The molecule has 0 saturated heterocycles. The van der Waals surface area contributed by atoms with Crippen LogP contribution in [0.4, 0.5) is 0 Å². The van der Waals surface area contributed by atoms with Crippen LogP contribution in [0.3, 0.4) is 0 Å². The lowest BCUT2D eigenvalue weighted by Crippen LogP contribution is -2.38. The zero-order valence-electron chi connectivity index (χ0n) is 11.6. The van der Waals surface area contributed by atoms with Crippen molar-refractivity contribution in [3.63, 3.8) is 0 Å². The minimum Gasteiger partial charge on any atom is -0.490 e. The highest BCUT2D eigenvalue weighted by molar-refractivity contribution is 9.09. The second kappa shape index (κ2) is 7.33. The van der Waals surface area contributed by atoms with Crippen LogP contribution < -0.4 is 0 Å². The maximum atomic E-state index is 5.59. The summed E-state index contributed by atoms with van der Waals surface area (Å²) in [5.41, 5.74) is 2.01. The Morgan fingerprint density at radius 2 is 1.95 bits per heavy atom. The van der Waals surface area contributed by atoms with Crippen LogP contribution in [0.15, 0.2) is 24.3 Å². The molecule has 0 spiro atoms. The zero-order chi connectivity index (χ0) is 14.5. The normalized spacial score (nSPS) is 13.1. The van der Waals surface area contributed by atoms with Gasteiger partial charge >= 0.3 is 0 Å². The molecule has 1 aromatic rings. The number of benzene rings is 1. The molecule has 1 rings (SSSR count). The van der Waals surface area contributed by atoms with Gasteiger partial charge in [0.25, 0.3) is 0 Å². The maximum absolute atomic E-state index is 5.59. The summed E-state index contributed by atoms with van der Waals surface area (Å²) in [6.45, 7) is 1.99. The largest absolute Gasteiger partial charge is 0.490 e. The molecule has 5 heteroatoms. The standard InChI is InChI=1S/C14H19BrO3S/c1-10(15)14(17-3,18-4)12-7-5-6-11(8-12)9-13(19)16-2/h5-8,10H,9H2,1-4H3. The van der Waals surface area contributed by atoms with E-state index in [2.05, 4.69) is 15.9 Å². The van der Waals surface area contributed by atoms with Gasteiger partial charge < -0.3 is 14.2 Å². The average Bonchev–Trinajstić information content (AvgIpc) is 2.41. The van der Waals surface area contributed by atoms with Gasteiger partial charge in [0.05, 0.1) is 11.9 Å². The highest BCUT2D eigenvalue weighted by Crippen LogP contribution is 2.34. The Hall–Kier alpha value is -0.490. The first-order valence-corrected chi connectivity index (χ1v) is 7.23. The summed E-state index contributed by atoms with van der Waals surface area (Å²) in [5.74, 6) is -0.815. The highest BCUT2D eigenvalue weighted by atomic mass is 79.9. The van der Waals surface area contributed by atoms with Crippen molar-refractivity contribution in [2.24, 2.45) is 0 Å². The number of halogens is 1. The van der Waals surface area contributed by atoms with Gasteiger partial charge in [-0.15, -0.1) is 0 Å². The Kier molecular flexibility index (Phi) is 6.39. The lowest BCUT2D eigenvalue weighted by molar-refractivity contribution is -0.212. The van der Waals surface area contributed by atoms with Crippen LogP contribution in [0.5, 0.6) is 0 Å². The molecule has 0 radical (unpaired) electrons. The maximum Gasteiger partial charge on any atom is 0.206 e. The molecule has 106 valence electrons. The monoisotopic (exact) mass is 346 g/mol. The third kappa shape index (κ3) is 3.75. The fourth-order valence-corrected chi connectivity index (χ4v) is 2.82. The Morgan fingerprint density at radius 1 is 1.32 bits per heavy atom. The van der Waals surface area contributed by atoms with Crippen molar-refractivity contribution >= 4 is 33.2 Å². The Labute approximate surface area is 128 Å². The summed E-state index contributed by atoms with van der Waals surface area (Å²) in [5, 5.41) is 0.560. The van der Waals surface area contributed by atoms with Gasteiger partial charge in [-0.25, -0.2) is 0 Å². The van der Waals surface area contributed by atoms with E-state index in [1.165, 1.54) is 0 Å². The number of thiocarbonyl (C=S) groups is 1. The summed E-state index contributed by atoms with van der Waals surface area (Å²) in [4.78, 5) is -0.000346. The summed E-state index contributed by atoms with van der Waals surface area (Å²) < 4.78 is 16.2. The molecule has 1 atom stereocenters. The fourth-order valence-electron chi connectivity index (χ4n) is 2.01. The van der Waals surface area contributed by atoms with Crippen LogP contribution in [0.25, 0.3) is 0 Å². The molecule has 0 fully saturated rings. The highest BCUT2D eigenvalue weighted by Gasteiger charge is 2.37. The quantitative estimate of drug-likeness (QED) is 0.448. The SMILES string of the molecule is COC(=S)Cc1cccc(C(OC)(OC)C(C)Br)c1. The van der Waals surface area contributed by atoms with Gasteiger partial charge in [0.15, 0.2) is 5.05 Å².